The molecule has 0 unspecified atom stereocenters. The summed E-state index contributed by atoms with van der Waals surface area (Å²) >= 11 is 1.45. The Morgan fingerprint density at radius 2 is 2.20 bits per heavy atom. The third-order valence-electron chi connectivity index (χ3n) is 4.74. The summed E-state index contributed by atoms with van der Waals surface area (Å²) in [5.41, 5.74) is 3.34. The van der Waals surface area contributed by atoms with Crippen LogP contribution in [0.15, 0.2) is 40.8 Å². The monoisotopic (exact) mass is 353 g/mol. The fourth-order valence-corrected chi connectivity index (χ4v) is 4.22. The highest BCUT2D eigenvalue weighted by Crippen LogP contribution is 2.30. The van der Waals surface area contributed by atoms with Crippen LogP contribution in [0.1, 0.15) is 24.0 Å². The zero-order valence-electron chi connectivity index (χ0n) is 14.1. The molecule has 0 radical (unpaired) electrons. The van der Waals surface area contributed by atoms with Crippen molar-refractivity contribution >= 4 is 33.1 Å². The molecule has 0 N–H and O–H groups in total. The molecule has 0 saturated carbocycles. The summed E-state index contributed by atoms with van der Waals surface area (Å²) in [6.45, 7) is 3.14. The quantitative estimate of drug-likeness (QED) is 0.727. The number of fused-ring (bicyclic) bond motifs is 2. The normalized spacial score (nSPS) is 13.9. The molecule has 0 spiro atoms. The molecule has 1 aromatic carbocycles. The Morgan fingerprint density at radius 1 is 1.32 bits per heavy atom. The highest BCUT2D eigenvalue weighted by molar-refractivity contribution is 7.16. The van der Waals surface area contributed by atoms with E-state index in [1.165, 1.54) is 21.5 Å². The van der Waals surface area contributed by atoms with Crippen LogP contribution in [0.5, 0.6) is 0 Å². The summed E-state index contributed by atoms with van der Waals surface area (Å²) in [7, 11) is 0. The summed E-state index contributed by atoms with van der Waals surface area (Å²) in [5, 5.41) is 2.49. The second-order valence-corrected chi connectivity index (χ2v) is 7.26. The SMILES string of the molecule is Cc1cccc2c1N(C(=O)CCn1cnc3sccc3c1=O)CCC2. The molecule has 0 aliphatic carbocycles. The minimum Gasteiger partial charge on any atom is -0.312 e. The molecule has 0 fully saturated rings. The second kappa shape index (κ2) is 6.44. The molecule has 25 heavy (non-hydrogen) atoms. The fourth-order valence-electron chi connectivity index (χ4n) is 3.50. The number of aryl methyl sites for hydroxylation is 3. The third kappa shape index (κ3) is 2.87. The van der Waals surface area contributed by atoms with Gasteiger partial charge in [0.15, 0.2) is 0 Å². The van der Waals surface area contributed by atoms with Crippen molar-refractivity contribution in [2.75, 3.05) is 11.4 Å². The number of carbonyl (C=O) groups is 1. The maximum atomic E-state index is 12.8. The standard InChI is InChI=1S/C19H19N3O2S/c1-13-4-2-5-14-6-3-9-22(17(13)14)16(23)7-10-21-12-20-18-15(19(21)24)8-11-25-18/h2,4-5,8,11-12H,3,6-7,9-10H2,1H3. The number of hydrogen-bond donors (Lipinski definition) is 0. The van der Waals surface area contributed by atoms with Crippen molar-refractivity contribution < 1.29 is 4.79 Å². The molecule has 0 saturated heterocycles. The van der Waals surface area contributed by atoms with E-state index in [-0.39, 0.29) is 11.5 Å². The largest absolute Gasteiger partial charge is 0.312 e. The zero-order valence-corrected chi connectivity index (χ0v) is 14.9. The van der Waals surface area contributed by atoms with Crippen molar-refractivity contribution in [3.05, 3.63) is 57.5 Å². The average molecular weight is 353 g/mol. The van der Waals surface area contributed by atoms with Crippen molar-refractivity contribution in [3.63, 3.8) is 0 Å². The molecule has 3 heterocycles. The number of amides is 1. The number of nitrogens with zero attached hydrogens (tertiary/aromatic N) is 3. The van der Waals surface area contributed by atoms with Crippen LogP contribution in [-0.2, 0) is 17.8 Å². The van der Waals surface area contributed by atoms with Gasteiger partial charge in [-0.3, -0.25) is 14.2 Å². The Labute approximate surface area is 149 Å². The lowest BCUT2D eigenvalue weighted by molar-refractivity contribution is -0.118. The minimum absolute atomic E-state index is 0.0626. The van der Waals surface area contributed by atoms with Crippen molar-refractivity contribution in [2.45, 2.75) is 32.7 Å². The lowest BCUT2D eigenvalue weighted by atomic mass is 9.98. The highest BCUT2D eigenvalue weighted by Gasteiger charge is 2.23. The van der Waals surface area contributed by atoms with E-state index in [0.29, 0.717) is 18.4 Å². The van der Waals surface area contributed by atoms with E-state index in [0.717, 1.165) is 35.5 Å². The maximum Gasteiger partial charge on any atom is 0.262 e. The van der Waals surface area contributed by atoms with Gasteiger partial charge < -0.3 is 4.90 Å². The zero-order chi connectivity index (χ0) is 17.4. The van der Waals surface area contributed by atoms with Crippen LogP contribution in [0.25, 0.3) is 10.2 Å². The first-order valence-corrected chi connectivity index (χ1v) is 9.34. The summed E-state index contributed by atoms with van der Waals surface area (Å²) in [4.78, 5) is 32.2. The van der Waals surface area contributed by atoms with Gasteiger partial charge in [0.2, 0.25) is 5.91 Å². The van der Waals surface area contributed by atoms with Crippen LogP contribution >= 0.6 is 11.3 Å². The van der Waals surface area contributed by atoms with Crippen molar-refractivity contribution in [1.82, 2.24) is 9.55 Å². The van der Waals surface area contributed by atoms with E-state index >= 15 is 0 Å². The van der Waals surface area contributed by atoms with Gasteiger partial charge in [-0.1, -0.05) is 18.2 Å². The van der Waals surface area contributed by atoms with Gasteiger partial charge in [0.1, 0.15) is 4.83 Å². The first kappa shape index (κ1) is 16.0. The van der Waals surface area contributed by atoms with Gasteiger partial charge in [0, 0.05) is 25.2 Å². The summed E-state index contributed by atoms with van der Waals surface area (Å²) in [6.07, 6.45) is 3.83. The van der Waals surface area contributed by atoms with Crippen molar-refractivity contribution in [3.8, 4) is 0 Å². The number of aromatic nitrogens is 2. The van der Waals surface area contributed by atoms with Gasteiger partial charge in [-0.25, -0.2) is 4.98 Å². The van der Waals surface area contributed by atoms with Gasteiger partial charge in [-0.2, -0.15) is 0 Å². The number of anilines is 1. The number of thiophene rings is 1. The first-order valence-electron chi connectivity index (χ1n) is 8.46. The Balaban J connectivity index is 1.55. The molecule has 2 aromatic heterocycles. The molecule has 1 aliphatic rings. The van der Waals surface area contributed by atoms with Crippen LogP contribution in [0.2, 0.25) is 0 Å². The number of hydrogen-bond acceptors (Lipinski definition) is 4. The molecule has 0 atom stereocenters. The van der Waals surface area contributed by atoms with Crippen molar-refractivity contribution in [2.24, 2.45) is 0 Å². The van der Waals surface area contributed by atoms with Gasteiger partial charge in [0.05, 0.1) is 11.7 Å². The Kier molecular flexibility index (Phi) is 4.13. The second-order valence-electron chi connectivity index (χ2n) is 6.36. The lowest BCUT2D eigenvalue weighted by Crippen LogP contribution is -2.37. The highest BCUT2D eigenvalue weighted by atomic mass is 32.1. The third-order valence-corrected chi connectivity index (χ3v) is 5.56. The molecular formula is C19H19N3O2S. The Morgan fingerprint density at radius 3 is 3.08 bits per heavy atom. The molecular weight excluding hydrogens is 334 g/mol. The maximum absolute atomic E-state index is 12.8. The summed E-state index contributed by atoms with van der Waals surface area (Å²) in [6, 6.07) is 7.98. The fraction of sp³-hybridized carbons (Fsp3) is 0.316. The Hall–Kier alpha value is -2.47. The number of rotatable bonds is 3. The number of benzene rings is 1. The van der Waals surface area contributed by atoms with E-state index in [4.69, 9.17) is 0 Å². The Bertz CT molecular complexity index is 1010. The average Bonchev–Trinajstić information content (AvgIpc) is 3.10. The first-order chi connectivity index (χ1) is 12.1. The minimum atomic E-state index is -0.0747. The summed E-state index contributed by atoms with van der Waals surface area (Å²) in [5.74, 6) is 0.0626. The molecule has 3 aromatic rings. The number of para-hydroxylation sites is 1. The van der Waals surface area contributed by atoms with Gasteiger partial charge in [0.25, 0.3) is 5.56 Å². The number of carbonyl (C=O) groups excluding carboxylic acids is 1. The van der Waals surface area contributed by atoms with E-state index < -0.39 is 0 Å². The van der Waals surface area contributed by atoms with Crippen LogP contribution in [-0.4, -0.2) is 22.0 Å². The smallest absolute Gasteiger partial charge is 0.262 e. The van der Waals surface area contributed by atoms with E-state index in [1.807, 2.05) is 29.3 Å². The molecule has 6 heteroatoms. The van der Waals surface area contributed by atoms with E-state index in [2.05, 4.69) is 11.1 Å². The molecule has 0 bridgehead atoms. The lowest BCUT2D eigenvalue weighted by Gasteiger charge is -2.31. The molecule has 128 valence electrons. The van der Waals surface area contributed by atoms with Gasteiger partial charge >= 0.3 is 0 Å². The molecule has 4 rings (SSSR count). The van der Waals surface area contributed by atoms with Gasteiger partial charge in [-0.05, 0) is 42.3 Å². The summed E-state index contributed by atoms with van der Waals surface area (Å²) < 4.78 is 1.54. The van der Waals surface area contributed by atoms with Crippen molar-refractivity contribution in [1.29, 1.82) is 0 Å². The van der Waals surface area contributed by atoms with Crippen LogP contribution in [0, 0.1) is 6.92 Å². The van der Waals surface area contributed by atoms with Crippen LogP contribution in [0.4, 0.5) is 5.69 Å². The molecule has 5 nitrogen and oxygen atoms in total. The van der Waals surface area contributed by atoms with Crippen LogP contribution in [0.3, 0.4) is 0 Å². The molecule has 1 aliphatic heterocycles. The predicted molar refractivity (Wildman–Crippen MR) is 100 cm³/mol. The van der Waals surface area contributed by atoms with Crippen LogP contribution < -0.4 is 10.5 Å². The van der Waals surface area contributed by atoms with E-state index in [9.17, 15) is 9.59 Å². The van der Waals surface area contributed by atoms with Gasteiger partial charge in [-0.15, -0.1) is 11.3 Å². The van der Waals surface area contributed by atoms with E-state index in [1.54, 1.807) is 12.4 Å². The predicted octanol–water partition coefficient (Wildman–Crippen LogP) is 3.14. The molecule has 1 amide bonds. The topological polar surface area (TPSA) is 55.2 Å².